The first-order valence-corrected chi connectivity index (χ1v) is 11.6. The second-order valence-electron chi connectivity index (χ2n) is 7.42. The van der Waals surface area contributed by atoms with E-state index in [4.69, 9.17) is 16.1 Å². The summed E-state index contributed by atoms with van der Waals surface area (Å²) in [6.07, 6.45) is 1.90. The zero-order valence-corrected chi connectivity index (χ0v) is 18.6. The summed E-state index contributed by atoms with van der Waals surface area (Å²) in [5, 5.41) is 4.34. The van der Waals surface area contributed by atoms with Crippen LogP contribution in [0.15, 0.2) is 45.8 Å². The van der Waals surface area contributed by atoms with Crippen molar-refractivity contribution in [1.29, 1.82) is 0 Å². The second-order valence-corrected chi connectivity index (χ2v) is 9.48. The quantitative estimate of drug-likeness (QED) is 0.615. The lowest BCUT2D eigenvalue weighted by atomic mass is 10.1. The van der Waals surface area contributed by atoms with Crippen molar-refractivity contribution in [1.82, 2.24) is 15.0 Å². The molecule has 0 atom stereocenters. The van der Waals surface area contributed by atoms with E-state index in [9.17, 15) is 13.2 Å². The molecule has 2 heterocycles. The van der Waals surface area contributed by atoms with E-state index in [0.29, 0.717) is 40.5 Å². The van der Waals surface area contributed by atoms with E-state index in [1.165, 1.54) is 6.07 Å². The number of hydrogen-bond acceptors (Lipinski definition) is 6. The highest BCUT2D eigenvalue weighted by molar-refractivity contribution is 7.92. The molecule has 4 rings (SSSR count). The summed E-state index contributed by atoms with van der Waals surface area (Å²) in [5.41, 5.74) is 2.01. The van der Waals surface area contributed by atoms with Crippen LogP contribution in [0.4, 0.5) is 5.69 Å². The van der Waals surface area contributed by atoms with Crippen LogP contribution in [0.2, 0.25) is 5.02 Å². The van der Waals surface area contributed by atoms with Gasteiger partial charge in [0.2, 0.25) is 5.82 Å². The summed E-state index contributed by atoms with van der Waals surface area (Å²) in [5.74, 6) is -0.262. The minimum absolute atomic E-state index is 0.0709. The largest absolute Gasteiger partial charge is 0.334 e. The van der Waals surface area contributed by atoms with Gasteiger partial charge in [-0.15, -0.1) is 0 Å². The Bertz CT molecular complexity index is 1250. The van der Waals surface area contributed by atoms with Crippen LogP contribution >= 0.6 is 11.6 Å². The Kier molecular flexibility index (Phi) is 5.72. The topological polar surface area (TPSA) is 105 Å². The fourth-order valence-electron chi connectivity index (χ4n) is 3.43. The number of amides is 1. The summed E-state index contributed by atoms with van der Waals surface area (Å²) >= 11 is 6.11. The predicted molar refractivity (Wildman–Crippen MR) is 117 cm³/mol. The van der Waals surface area contributed by atoms with Gasteiger partial charge in [0.1, 0.15) is 0 Å². The monoisotopic (exact) mass is 460 g/mol. The van der Waals surface area contributed by atoms with E-state index in [1.54, 1.807) is 49.1 Å². The van der Waals surface area contributed by atoms with E-state index in [0.717, 1.165) is 12.8 Å². The molecule has 2 aromatic carbocycles. The molecule has 0 aliphatic carbocycles. The van der Waals surface area contributed by atoms with Crippen molar-refractivity contribution < 1.29 is 17.7 Å². The third-order valence-electron chi connectivity index (χ3n) is 5.25. The Hall–Kier alpha value is -2.91. The highest BCUT2D eigenvalue weighted by atomic mass is 35.5. The molecule has 1 N–H and O–H groups in total. The first-order valence-electron chi connectivity index (χ1n) is 9.78. The smallest absolute Gasteiger partial charge is 0.316 e. The van der Waals surface area contributed by atoms with Gasteiger partial charge in [0.05, 0.1) is 10.6 Å². The summed E-state index contributed by atoms with van der Waals surface area (Å²) in [6, 6.07) is 9.83. The van der Waals surface area contributed by atoms with Crippen molar-refractivity contribution in [2.24, 2.45) is 0 Å². The number of benzene rings is 2. The molecule has 1 amide bonds. The normalized spacial score (nSPS) is 14.1. The van der Waals surface area contributed by atoms with Crippen LogP contribution in [0.25, 0.3) is 11.4 Å². The average Bonchev–Trinajstić information content (AvgIpc) is 3.43. The van der Waals surface area contributed by atoms with Gasteiger partial charge in [-0.1, -0.05) is 35.0 Å². The molecule has 0 unspecified atom stereocenters. The third-order valence-corrected chi connectivity index (χ3v) is 7.17. The Morgan fingerprint density at radius 3 is 2.65 bits per heavy atom. The molecule has 8 nitrogen and oxygen atoms in total. The number of nitrogens with one attached hydrogen (secondary N) is 1. The van der Waals surface area contributed by atoms with E-state index in [2.05, 4.69) is 14.9 Å². The second kappa shape index (κ2) is 8.32. The maximum Gasteiger partial charge on any atom is 0.316 e. The van der Waals surface area contributed by atoms with Crippen molar-refractivity contribution in [2.75, 3.05) is 17.8 Å². The maximum atomic E-state index is 13.1. The molecule has 1 aliphatic heterocycles. The summed E-state index contributed by atoms with van der Waals surface area (Å²) in [4.78, 5) is 18.4. The highest BCUT2D eigenvalue weighted by Gasteiger charge is 2.26. The summed E-state index contributed by atoms with van der Waals surface area (Å²) in [6.45, 7) is 4.76. The van der Waals surface area contributed by atoms with Crippen LogP contribution in [-0.4, -0.2) is 42.5 Å². The Morgan fingerprint density at radius 1 is 1.16 bits per heavy atom. The highest BCUT2D eigenvalue weighted by Crippen LogP contribution is 2.28. The molecule has 0 spiro atoms. The van der Waals surface area contributed by atoms with Gasteiger partial charge in [0.15, 0.2) is 0 Å². The molecule has 0 saturated carbocycles. The Labute approximate surface area is 185 Å². The van der Waals surface area contributed by atoms with Gasteiger partial charge in [-0.05, 0) is 56.0 Å². The van der Waals surface area contributed by atoms with Gasteiger partial charge in [-0.25, -0.2) is 8.42 Å². The molecule has 31 heavy (non-hydrogen) atoms. The van der Waals surface area contributed by atoms with E-state index in [-0.39, 0.29) is 22.5 Å². The van der Waals surface area contributed by atoms with E-state index < -0.39 is 10.0 Å². The van der Waals surface area contributed by atoms with Crippen LogP contribution in [-0.2, 0) is 10.0 Å². The number of sulfonamides is 1. The molecule has 0 radical (unpaired) electrons. The number of aromatic nitrogens is 2. The van der Waals surface area contributed by atoms with Crippen molar-refractivity contribution >= 4 is 33.2 Å². The van der Waals surface area contributed by atoms with Gasteiger partial charge in [-0.3, -0.25) is 9.52 Å². The lowest BCUT2D eigenvalue weighted by Crippen LogP contribution is -2.27. The summed E-state index contributed by atoms with van der Waals surface area (Å²) < 4.78 is 33.9. The van der Waals surface area contributed by atoms with Gasteiger partial charge >= 0.3 is 11.8 Å². The van der Waals surface area contributed by atoms with Crippen LogP contribution in [0.1, 0.15) is 34.7 Å². The van der Waals surface area contributed by atoms with Gasteiger partial charge in [0, 0.05) is 23.7 Å². The van der Waals surface area contributed by atoms with Crippen LogP contribution < -0.4 is 4.72 Å². The number of carbonyl (C=O) groups is 1. The minimum Gasteiger partial charge on any atom is -0.334 e. The van der Waals surface area contributed by atoms with Gasteiger partial charge in [0.25, 0.3) is 10.0 Å². The lowest BCUT2D eigenvalue weighted by molar-refractivity contribution is 0.0743. The number of halogens is 1. The fourth-order valence-corrected chi connectivity index (χ4v) is 5.00. The number of anilines is 1. The molecular formula is C21H21ClN4O4S. The van der Waals surface area contributed by atoms with Gasteiger partial charge in [-0.2, -0.15) is 4.98 Å². The van der Waals surface area contributed by atoms with Crippen molar-refractivity contribution in [2.45, 2.75) is 31.6 Å². The number of carbonyl (C=O) groups excluding carboxylic acids is 1. The molecule has 1 saturated heterocycles. The number of hydrogen-bond donors (Lipinski definition) is 1. The number of nitrogens with zero attached hydrogens (tertiary/aromatic N) is 3. The Morgan fingerprint density at radius 2 is 1.90 bits per heavy atom. The predicted octanol–water partition coefficient (Wildman–Crippen LogP) is 4.04. The molecule has 3 aromatic rings. The zero-order chi connectivity index (χ0) is 22.2. The van der Waals surface area contributed by atoms with E-state index in [1.807, 2.05) is 0 Å². The van der Waals surface area contributed by atoms with Crippen molar-refractivity contribution in [3.05, 3.63) is 58.4 Å². The maximum absolute atomic E-state index is 13.1. The molecule has 1 aromatic heterocycles. The molecule has 1 fully saturated rings. The third kappa shape index (κ3) is 4.28. The molecular weight excluding hydrogens is 440 g/mol. The molecule has 162 valence electrons. The van der Waals surface area contributed by atoms with Crippen molar-refractivity contribution in [3.63, 3.8) is 0 Å². The number of rotatable bonds is 5. The first kappa shape index (κ1) is 21.3. The SMILES string of the molecule is Cc1ccc(-c2noc(C(=O)N3CCCC3)n2)cc1S(=O)(=O)Nc1cccc(Cl)c1C. The van der Waals surface area contributed by atoms with Crippen LogP contribution in [0.3, 0.4) is 0 Å². The zero-order valence-electron chi connectivity index (χ0n) is 17.1. The summed E-state index contributed by atoms with van der Waals surface area (Å²) in [7, 11) is -3.91. The van der Waals surface area contributed by atoms with Crippen LogP contribution in [0.5, 0.6) is 0 Å². The van der Waals surface area contributed by atoms with Crippen LogP contribution in [0, 0.1) is 13.8 Å². The molecule has 1 aliphatic rings. The molecule has 10 heteroatoms. The average molecular weight is 461 g/mol. The number of likely N-dealkylation sites (tertiary alicyclic amines) is 1. The minimum atomic E-state index is -3.91. The van der Waals surface area contributed by atoms with Gasteiger partial charge < -0.3 is 9.42 Å². The van der Waals surface area contributed by atoms with E-state index >= 15 is 0 Å². The number of aryl methyl sites for hydroxylation is 1. The lowest BCUT2D eigenvalue weighted by Gasteiger charge is -2.13. The standard InChI is InChI=1S/C21H21ClN4O4S/c1-13-8-9-15(19-23-20(30-24-19)21(27)26-10-3-4-11-26)12-18(13)31(28,29)25-17-7-5-6-16(22)14(17)2/h5-9,12,25H,3-4,10-11H2,1-2H3. The Balaban J connectivity index is 1.64. The fraction of sp³-hybridized carbons (Fsp3) is 0.286. The van der Waals surface area contributed by atoms with Crippen molar-refractivity contribution in [3.8, 4) is 11.4 Å². The molecule has 0 bridgehead atoms. The first-order chi connectivity index (χ1) is 14.8.